The van der Waals surface area contributed by atoms with Gasteiger partial charge in [0.25, 0.3) is 5.91 Å². The molecule has 0 radical (unpaired) electrons. The van der Waals surface area contributed by atoms with E-state index in [0.717, 1.165) is 5.56 Å². The molecule has 0 fully saturated rings. The summed E-state index contributed by atoms with van der Waals surface area (Å²) < 4.78 is 6.71. The Morgan fingerprint density at radius 1 is 1.10 bits per heavy atom. The maximum absolute atomic E-state index is 13.1. The number of nitrogens with one attached hydrogen (secondary N) is 1. The fraction of sp³-hybridized carbons (Fsp3) is 0. The molecule has 0 atom stereocenters. The van der Waals surface area contributed by atoms with Gasteiger partial charge in [0.15, 0.2) is 5.82 Å². The first-order chi connectivity index (χ1) is 14.2. The Kier molecular flexibility index (Phi) is 4.95. The van der Waals surface area contributed by atoms with Crippen LogP contribution in [0.1, 0.15) is 11.3 Å². The van der Waals surface area contributed by atoms with Crippen LogP contribution in [0.15, 0.2) is 77.4 Å². The van der Waals surface area contributed by atoms with Crippen molar-refractivity contribution in [2.24, 2.45) is 0 Å². The van der Waals surface area contributed by atoms with E-state index >= 15 is 0 Å². The second-order valence-electron chi connectivity index (χ2n) is 5.97. The lowest BCUT2D eigenvalue weighted by Gasteiger charge is -2.10. The van der Waals surface area contributed by atoms with Gasteiger partial charge in [-0.05, 0) is 40.8 Å². The fourth-order valence-electron chi connectivity index (χ4n) is 2.71. The zero-order valence-corrected chi connectivity index (χ0v) is 15.1. The highest BCUT2D eigenvalue weighted by Crippen LogP contribution is 2.22. The van der Waals surface area contributed by atoms with Crippen molar-refractivity contribution >= 4 is 23.4 Å². The van der Waals surface area contributed by atoms with E-state index in [0.29, 0.717) is 22.8 Å². The molecule has 8 nitrogen and oxygen atoms in total. The molecule has 140 valence electrons. The first kappa shape index (κ1) is 17.9. The predicted molar refractivity (Wildman–Crippen MR) is 106 cm³/mol. The second kappa shape index (κ2) is 8.02. The number of furan rings is 1. The zero-order valence-electron chi connectivity index (χ0n) is 15.1. The molecule has 1 amide bonds. The van der Waals surface area contributed by atoms with Gasteiger partial charge in [0.1, 0.15) is 11.5 Å². The molecular weight excluding hydrogens is 368 g/mol. The molecule has 0 saturated heterocycles. The highest BCUT2D eigenvalue weighted by molar-refractivity contribution is 6.24. The van der Waals surface area contributed by atoms with Crippen LogP contribution in [0, 0.1) is 11.3 Å². The number of carbonyl (C=O) groups excluding carboxylic acids is 1. The average molecular weight is 382 g/mol. The van der Waals surface area contributed by atoms with Gasteiger partial charge < -0.3 is 9.73 Å². The van der Waals surface area contributed by atoms with Gasteiger partial charge in [0, 0.05) is 17.3 Å². The first-order valence-electron chi connectivity index (χ1n) is 8.65. The van der Waals surface area contributed by atoms with Gasteiger partial charge >= 0.3 is 0 Å². The molecule has 0 aliphatic heterocycles. The quantitative estimate of drug-likeness (QED) is 0.530. The maximum atomic E-state index is 13.1. The lowest BCUT2D eigenvalue weighted by molar-refractivity contribution is -0.111. The van der Waals surface area contributed by atoms with E-state index in [1.807, 2.05) is 36.4 Å². The number of nitrogens with zero attached hydrogens (tertiary/aromatic N) is 5. The van der Waals surface area contributed by atoms with Gasteiger partial charge in [-0.15, -0.1) is 5.10 Å². The van der Waals surface area contributed by atoms with E-state index in [4.69, 9.17) is 9.68 Å². The van der Waals surface area contributed by atoms with Gasteiger partial charge in [-0.25, -0.2) is 0 Å². The molecule has 0 aliphatic rings. The molecule has 4 aromatic rings. The molecule has 2 aromatic heterocycles. The minimum Gasteiger partial charge on any atom is -0.465 e. The Hall–Kier alpha value is -4.51. The van der Waals surface area contributed by atoms with Gasteiger partial charge in [-0.2, -0.15) is 9.94 Å². The summed E-state index contributed by atoms with van der Waals surface area (Å²) in [5, 5.41) is 23.6. The Bertz CT molecular complexity index is 1200. The Balaban J connectivity index is 1.75. The number of aromatic nitrogens is 4. The maximum Gasteiger partial charge on any atom is 0.274 e. The summed E-state index contributed by atoms with van der Waals surface area (Å²) in [4.78, 5) is 13.1. The number of anilines is 1. The molecule has 1 N–H and O–H groups in total. The van der Waals surface area contributed by atoms with Crippen molar-refractivity contribution in [1.29, 1.82) is 5.26 Å². The van der Waals surface area contributed by atoms with E-state index in [1.54, 1.807) is 42.5 Å². The molecule has 29 heavy (non-hydrogen) atoms. The monoisotopic (exact) mass is 382 g/mol. The summed E-state index contributed by atoms with van der Waals surface area (Å²) >= 11 is 0. The molecule has 0 spiro atoms. The second-order valence-corrected chi connectivity index (χ2v) is 5.97. The molecule has 0 unspecified atom stereocenters. The summed E-state index contributed by atoms with van der Waals surface area (Å²) in [7, 11) is 0. The van der Waals surface area contributed by atoms with Crippen LogP contribution in [0.4, 0.5) is 5.69 Å². The molecule has 0 bridgehead atoms. The Labute approximate surface area is 165 Å². The van der Waals surface area contributed by atoms with E-state index in [9.17, 15) is 4.79 Å². The molecule has 0 aliphatic carbocycles. The van der Waals surface area contributed by atoms with Crippen molar-refractivity contribution in [1.82, 2.24) is 20.2 Å². The average Bonchev–Trinajstić information content (AvgIpc) is 3.44. The smallest absolute Gasteiger partial charge is 0.274 e. The third-order valence-corrected chi connectivity index (χ3v) is 4.03. The standard InChI is InChI=1S/C21H14N6O2/c22-14-15-6-4-9-17(12-15)23-21(28)19(13-18-10-5-11-29-18)27-20(24-25-26-27)16-7-2-1-3-8-16/h1-13H,(H,23,28). The first-order valence-corrected chi connectivity index (χ1v) is 8.65. The molecule has 2 aromatic carbocycles. The van der Waals surface area contributed by atoms with E-state index in [2.05, 4.69) is 20.8 Å². The van der Waals surface area contributed by atoms with Crippen molar-refractivity contribution in [2.75, 3.05) is 5.32 Å². The van der Waals surface area contributed by atoms with Crippen LogP contribution in [-0.2, 0) is 4.79 Å². The van der Waals surface area contributed by atoms with E-state index < -0.39 is 5.91 Å². The lowest BCUT2D eigenvalue weighted by Crippen LogP contribution is -2.19. The SMILES string of the molecule is N#Cc1cccc(NC(=O)C(=Cc2ccco2)n2nnnc2-c2ccccc2)c1. The third kappa shape index (κ3) is 3.94. The van der Waals surface area contributed by atoms with Crippen LogP contribution in [0.3, 0.4) is 0 Å². The van der Waals surface area contributed by atoms with E-state index in [-0.39, 0.29) is 5.70 Å². The summed E-state index contributed by atoms with van der Waals surface area (Å²) in [5.41, 5.74) is 1.83. The van der Waals surface area contributed by atoms with Crippen molar-refractivity contribution in [3.05, 3.63) is 84.3 Å². The summed E-state index contributed by atoms with van der Waals surface area (Å²) in [6.45, 7) is 0. The van der Waals surface area contributed by atoms with E-state index in [1.165, 1.54) is 10.9 Å². The predicted octanol–water partition coefficient (Wildman–Crippen LogP) is 3.44. The number of amides is 1. The third-order valence-electron chi connectivity index (χ3n) is 4.03. The highest BCUT2D eigenvalue weighted by atomic mass is 16.3. The van der Waals surface area contributed by atoms with Crippen LogP contribution < -0.4 is 5.32 Å². The van der Waals surface area contributed by atoms with Gasteiger partial charge in [0.2, 0.25) is 0 Å². The Morgan fingerprint density at radius 3 is 2.72 bits per heavy atom. The molecular formula is C21H14N6O2. The van der Waals surface area contributed by atoms with Crippen molar-refractivity contribution in [2.45, 2.75) is 0 Å². The number of tetrazole rings is 1. The fourth-order valence-corrected chi connectivity index (χ4v) is 2.71. The Morgan fingerprint density at radius 2 is 1.97 bits per heavy atom. The number of rotatable bonds is 5. The summed E-state index contributed by atoms with van der Waals surface area (Å²) in [6, 6.07) is 21.4. The minimum atomic E-state index is -0.457. The van der Waals surface area contributed by atoms with Gasteiger partial charge in [-0.3, -0.25) is 4.79 Å². The van der Waals surface area contributed by atoms with Crippen molar-refractivity contribution < 1.29 is 9.21 Å². The molecule has 4 rings (SSSR count). The number of hydrogen-bond donors (Lipinski definition) is 1. The number of nitriles is 1. The summed E-state index contributed by atoms with van der Waals surface area (Å²) in [5.74, 6) is 0.417. The van der Waals surface area contributed by atoms with Crippen LogP contribution in [-0.4, -0.2) is 26.1 Å². The minimum absolute atomic E-state index is 0.158. The van der Waals surface area contributed by atoms with Gasteiger partial charge in [0.05, 0.1) is 17.9 Å². The van der Waals surface area contributed by atoms with Crippen LogP contribution in [0.2, 0.25) is 0 Å². The topological polar surface area (TPSA) is 110 Å². The lowest BCUT2D eigenvalue weighted by atomic mass is 10.2. The van der Waals surface area contributed by atoms with Crippen LogP contribution in [0.25, 0.3) is 23.2 Å². The zero-order chi connectivity index (χ0) is 20.1. The summed E-state index contributed by atoms with van der Waals surface area (Å²) in [6.07, 6.45) is 3.06. The number of carbonyl (C=O) groups is 1. The molecule has 0 saturated carbocycles. The van der Waals surface area contributed by atoms with Crippen LogP contribution >= 0.6 is 0 Å². The van der Waals surface area contributed by atoms with Crippen molar-refractivity contribution in [3.63, 3.8) is 0 Å². The number of benzene rings is 2. The van der Waals surface area contributed by atoms with Gasteiger partial charge in [-0.1, -0.05) is 36.4 Å². The largest absolute Gasteiger partial charge is 0.465 e. The van der Waals surface area contributed by atoms with Crippen LogP contribution in [0.5, 0.6) is 0 Å². The molecule has 2 heterocycles. The highest BCUT2D eigenvalue weighted by Gasteiger charge is 2.20. The van der Waals surface area contributed by atoms with Crippen molar-refractivity contribution in [3.8, 4) is 17.5 Å². The number of hydrogen-bond acceptors (Lipinski definition) is 6. The molecule has 8 heteroatoms. The normalized spacial score (nSPS) is 11.1.